The Labute approximate surface area is 126 Å². The molecular formula is C13H8BrNO4S. The number of carbonyl (C=O) groups excluding carboxylic acids is 1. The Bertz CT molecular complexity index is 716. The van der Waals surface area contributed by atoms with Crippen molar-refractivity contribution in [1.82, 2.24) is 4.98 Å². The monoisotopic (exact) mass is 353 g/mol. The Morgan fingerprint density at radius 3 is 3.00 bits per heavy atom. The van der Waals surface area contributed by atoms with Crippen LogP contribution in [0.5, 0.6) is 0 Å². The van der Waals surface area contributed by atoms with Crippen LogP contribution in [0.4, 0.5) is 0 Å². The van der Waals surface area contributed by atoms with E-state index in [2.05, 4.69) is 20.9 Å². The topological polar surface area (TPSA) is 65.5 Å². The summed E-state index contributed by atoms with van der Waals surface area (Å²) in [7, 11) is 0. The minimum Gasteiger partial charge on any atom is -0.453 e. The van der Waals surface area contributed by atoms with E-state index in [1.807, 2.05) is 17.5 Å². The normalized spacial score (nSPS) is 10.7. The fraction of sp³-hybridized carbons (Fsp3) is 0.0769. The minimum absolute atomic E-state index is 0.0338. The number of ether oxygens (including phenoxy) is 1. The summed E-state index contributed by atoms with van der Waals surface area (Å²) in [6, 6.07) is 6.99. The van der Waals surface area contributed by atoms with Gasteiger partial charge in [-0.3, -0.25) is 0 Å². The fourth-order valence-corrected chi connectivity index (χ4v) is 2.48. The largest absolute Gasteiger partial charge is 0.453 e. The summed E-state index contributed by atoms with van der Waals surface area (Å²) in [6.45, 7) is 0.0338. The van der Waals surface area contributed by atoms with E-state index in [1.165, 1.54) is 23.7 Å². The zero-order valence-electron chi connectivity index (χ0n) is 10.0. The Balaban J connectivity index is 1.63. The molecule has 3 heterocycles. The lowest BCUT2D eigenvalue weighted by Crippen LogP contribution is -2.04. The van der Waals surface area contributed by atoms with Crippen LogP contribution in [0.1, 0.15) is 16.2 Å². The van der Waals surface area contributed by atoms with Crippen LogP contribution in [0.3, 0.4) is 0 Å². The SMILES string of the molecule is O=C(OCc1coc(-c2cccs2)n1)c1ccc(Br)o1. The third-order valence-electron chi connectivity index (χ3n) is 2.41. The van der Waals surface area contributed by atoms with Gasteiger partial charge < -0.3 is 13.6 Å². The average Bonchev–Trinajstić information content (AvgIpc) is 3.16. The molecule has 0 N–H and O–H groups in total. The van der Waals surface area contributed by atoms with Gasteiger partial charge in [0.25, 0.3) is 0 Å². The molecule has 3 rings (SSSR count). The molecule has 0 aliphatic heterocycles. The summed E-state index contributed by atoms with van der Waals surface area (Å²) in [6.07, 6.45) is 1.47. The van der Waals surface area contributed by atoms with Crippen LogP contribution in [0.15, 0.2) is 49.4 Å². The van der Waals surface area contributed by atoms with E-state index in [1.54, 1.807) is 6.07 Å². The highest BCUT2D eigenvalue weighted by atomic mass is 79.9. The van der Waals surface area contributed by atoms with Gasteiger partial charge in [0.2, 0.25) is 11.7 Å². The Morgan fingerprint density at radius 1 is 1.40 bits per heavy atom. The number of hydrogen-bond acceptors (Lipinski definition) is 6. The van der Waals surface area contributed by atoms with E-state index in [9.17, 15) is 4.79 Å². The zero-order chi connectivity index (χ0) is 13.9. The number of thiophene rings is 1. The van der Waals surface area contributed by atoms with Crippen molar-refractivity contribution in [3.8, 4) is 10.8 Å². The number of hydrogen-bond donors (Lipinski definition) is 0. The predicted molar refractivity (Wildman–Crippen MR) is 75.3 cm³/mol. The molecule has 5 nitrogen and oxygen atoms in total. The fourth-order valence-electron chi connectivity index (χ4n) is 1.52. The molecule has 0 aromatic carbocycles. The maximum atomic E-state index is 11.7. The van der Waals surface area contributed by atoms with Crippen LogP contribution in [-0.4, -0.2) is 11.0 Å². The van der Waals surface area contributed by atoms with E-state index in [0.717, 1.165) is 4.88 Å². The molecule has 3 aromatic rings. The molecule has 0 atom stereocenters. The molecule has 7 heteroatoms. The predicted octanol–water partition coefficient (Wildman–Crippen LogP) is 4.12. The lowest BCUT2D eigenvalue weighted by Gasteiger charge is -1.98. The van der Waals surface area contributed by atoms with Gasteiger partial charge in [-0.15, -0.1) is 11.3 Å². The number of rotatable bonds is 4. The first kappa shape index (κ1) is 13.1. The van der Waals surface area contributed by atoms with Gasteiger partial charge in [-0.05, 0) is 39.5 Å². The molecule has 0 aliphatic rings. The first-order valence-electron chi connectivity index (χ1n) is 5.63. The molecule has 102 valence electrons. The standard InChI is InChI=1S/C13H8BrNO4S/c14-11-4-3-9(19-11)13(16)18-7-8-6-17-12(15-8)10-2-1-5-20-10/h1-6H,7H2. The lowest BCUT2D eigenvalue weighted by molar-refractivity contribution is 0.0429. The van der Waals surface area contributed by atoms with E-state index in [-0.39, 0.29) is 12.4 Å². The van der Waals surface area contributed by atoms with Crippen molar-refractivity contribution in [2.75, 3.05) is 0 Å². The zero-order valence-corrected chi connectivity index (χ0v) is 12.4. The number of aromatic nitrogens is 1. The van der Waals surface area contributed by atoms with Crippen molar-refractivity contribution in [3.63, 3.8) is 0 Å². The number of carbonyl (C=O) groups is 1. The molecule has 0 bridgehead atoms. The van der Waals surface area contributed by atoms with Crippen molar-refractivity contribution < 1.29 is 18.4 Å². The number of oxazole rings is 1. The quantitative estimate of drug-likeness (QED) is 0.660. The van der Waals surface area contributed by atoms with Gasteiger partial charge in [0.05, 0.1) is 4.88 Å². The number of nitrogens with zero attached hydrogens (tertiary/aromatic N) is 1. The molecule has 0 saturated heterocycles. The highest BCUT2D eigenvalue weighted by Crippen LogP contribution is 2.24. The molecular weight excluding hydrogens is 346 g/mol. The van der Waals surface area contributed by atoms with Gasteiger partial charge in [-0.1, -0.05) is 6.07 Å². The van der Waals surface area contributed by atoms with Crippen molar-refractivity contribution in [2.24, 2.45) is 0 Å². The molecule has 0 amide bonds. The number of esters is 1. The smallest absolute Gasteiger partial charge is 0.374 e. The van der Waals surface area contributed by atoms with E-state index < -0.39 is 5.97 Å². The summed E-state index contributed by atoms with van der Waals surface area (Å²) in [5.74, 6) is 0.113. The Hall–Kier alpha value is -1.86. The molecule has 0 saturated carbocycles. The van der Waals surface area contributed by atoms with Crippen LogP contribution in [0, 0.1) is 0 Å². The van der Waals surface area contributed by atoms with E-state index in [4.69, 9.17) is 13.6 Å². The molecule has 0 spiro atoms. The highest BCUT2D eigenvalue weighted by molar-refractivity contribution is 9.10. The van der Waals surface area contributed by atoms with Crippen LogP contribution < -0.4 is 0 Å². The van der Waals surface area contributed by atoms with E-state index in [0.29, 0.717) is 16.3 Å². The van der Waals surface area contributed by atoms with Crippen molar-refractivity contribution in [1.29, 1.82) is 0 Å². The summed E-state index contributed by atoms with van der Waals surface area (Å²) >= 11 is 4.65. The molecule has 3 aromatic heterocycles. The van der Waals surface area contributed by atoms with Gasteiger partial charge in [-0.2, -0.15) is 0 Å². The lowest BCUT2D eigenvalue weighted by atomic mass is 10.4. The minimum atomic E-state index is -0.545. The van der Waals surface area contributed by atoms with Crippen molar-refractivity contribution in [2.45, 2.75) is 6.61 Å². The third kappa shape index (κ3) is 2.83. The van der Waals surface area contributed by atoms with Gasteiger partial charge >= 0.3 is 5.97 Å². The van der Waals surface area contributed by atoms with Gasteiger partial charge in [0, 0.05) is 0 Å². The van der Waals surface area contributed by atoms with Crippen LogP contribution in [0.25, 0.3) is 10.8 Å². The molecule has 0 aliphatic carbocycles. The molecule has 0 fully saturated rings. The van der Waals surface area contributed by atoms with Gasteiger partial charge in [-0.25, -0.2) is 9.78 Å². The Kier molecular flexibility index (Phi) is 3.70. The van der Waals surface area contributed by atoms with Crippen LogP contribution in [-0.2, 0) is 11.3 Å². The molecule has 0 radical (unpaired) electrons. The Morgan fingerprint density at radius 2 is 2.30 bits per heavy atom. The van der Waals surface area contributed by atoms with Crippen LogP contribution >= 0.6 is 27.3 Å². The first-order valence-corrected chi connectivity index (χ1v) is 7.30. The van der Waals surface area contributed by atoms with E-state index >= 15 is 0 Å². The second kappa shape index (κ2) is 5.64. The van der Waals surface area contributed by atoms with Gasteiger partial charge in [0.15, 0.2) is 4.67 Å². The second-order valence-corrected chi connectivity index (χ2v) is 5.53. The molecule has 20 heavy (non-hydrogen) atoms. The first-order chi connectivity index (χ1) is 9.72. The summed E-state index contributed by atoms with van der Waals surface area (Å²) in [5, 5.41) is 1.94. The highest BCUT2D eigenvalue weighted by Gasteiger charge is 2.14. The van der Waals surface area contributed by atoms with Crippen molar-refractivity contribution in [3.05, 3.63) is 52.0 Å². The third-order valence-corrected chi connectivity index (χ3v) is 3.69. The number of furan rings is 1. The average molecular weight is 354 g/mol. The summed E-state index contributed by atoms with van der Waals surface area (Å²) < 4.78 is 16.0. The number of halogens is 1. The summed E-state index contributed by atoms with van der Waals surface area (Å²) in [5.41, 5.74) is 0.548. The maximum absolute atomic E-state index is 11.7. The van der Waals surface area contributed by atoms with Gasteiger partial charge in [0.1, 0.15) is 18.6 Å². The van der Waals surface area contributed by atoms with Crippen molar-refractivity contribution >= 4 is 33.2 Å². The molecule has 0 unspecified atom stereocenters. The second-order valence-electron chi connectivity index (χ2n) is 3.80. The van der Waals surface area contributed by atoms with Crippen LogP contribution in [0.2, 0.25) is 0 Å². The summed E-state index contributed by atoms with van der Waals surface area (Å²) in [4.78, 5) is 16.9. The maximum Gasteiger partial charge on any atom is 0.374 e.